The van der Waals surface area contributed by atoms with Gasteiger partial charge in [0.2, 0.25) is 0 Å². The van der Waals surface area contributed by atoms with E-state index in [1.807, 2.05) is 29.0 Å². The van der Waals surface area contributed by atoms with Crippen molar-refractivity contribution in [1.82, 2.24) is 0 Å². The van der Waals surface area contributed by atoms with Crippen molar-refractivity contribution in [3.63, 3.8) is 0 Å². The largest absolute Gasteiger partial charge is 0.493 e. The summed E-state index contributed by atoms with van der Waals surface area (Å²) in [4.78, 5) is 25.4. The number of methoxy groups -OCH3 is 2. The molecule has 1 aliphatic rings. The van der Waals surface area contributed by atoms with Gasteiger partial charge >= 0.3 is 5.97 Å². The Labute approximate surface area is 162 Å². The molecular weight excluding hydrogens is 364 g/mol. The summed E-state index contributed by atoms with van der Waals surface area (Å²) < 4.78 is 15.9. The maximum atomic E-state index is 12.8. The van der Waals surface area contributed by atoms with Gasteiger partial charge in [-0.15, -0.1) is 0 Å². The second-order valence-corrected chi connectivity index (χ2v) is 7.02. The summed E-state index contributed by atoms with van der Waals surface area (Å²) in [5.74, 6) is -0.716. The normalized spacial score (nSPS) is 19.4. The molecule has 6 heteroatoms. The first-order valence-electron chi connectivity index (χ1n) is 8.74. The van der Waals surface area contributed by atoms with Crippen LogP contribution in [0.25, 0.3) is 5.57 Å². The Bertz CT molecular complexity index is 853. The first-order valence-corrected chi connectivity index (χ1v) is 9.68. The van der Waals surface area contributed by atoms with Gasteiger partial charge in [-0.2, -0.15) is 11.3 Å². The standard InChI is InChI=1S/C21H22O5S/c1-4-26-21(23)20-16(13-5-6-18(24-2)19(11-13)25-3)9-15(10-17(20)22)14-7-8-27-12-14/h5-8,10-12,16,20H,4,9H2,1-3H3/t16-,20-/m0/s1. The highest BCUT2D eigenvalue weighted by atomic mass is 32.1. The number of hydrogen-bond donors (Lipinski definition) is 0. The van der Waals surface area contributed by atoms with Crippen LogP contribution < -0.4 is 9.47 Å². The highest BCUT2D eigenvalue weighted by molar-refractivity contribution is 7.08. The number of allylic oxidation sites excluding steroid dienone is 2. The van der Waals surface area contributed by atoms with Gasteiger partial charge in [-0.25, -0.2) is 0 Å². The summed E-state index contributed by atoms with van der Waals surface area (Å²) in [6.45, 7) is 1.98. The fourth-order valence-corrected chi connectivity index (χ4v) is 4.11. The number of ether oxygens (including phenoxy) is 3. The molecule has 5 nitrogen and oxygen atoms in total. The highest BCUT2D eigenvalue weighted by Gasteiger charge is 2.40. The molecule has 1 aromatic carbocycles. The first-order chi connectivity index (χ1) is 13.1. The molecule has 1 aromatic heterocycles. The predicted molar refractivity (Wildman–Crippen MR) is 104 cm³/mol. The van der Waals surface area contributed by atoms with Crippen molar-refractivity contribution in [3.8, 4) is 11.5 Å². The number of ketones is 1. The Balaban J connectivity index is 2.04. The van der Waals surface area contributed by atoms with Crippen LogP contribution in [-0.2, 0) is 14.3 Å². The molecule has 0 aliphatic heterocycles. The minimum absolute atomic E-state index is 0.222. The molecule has 0 fully saturated rings. The summed E-state index contributed by atoms with van der Waals surface area (Å²) in [7, 11) is 3.13. The van der Waals surface area contributed by atoms with Crippen LogP contribution in [0.4, 0.5) is 0 Å². The van der Waals surface area contributed by atoms with Crippen molar-refractivity contribution in [1.29, 1.82) is 0 Å². The fourth-order valence-electron chi connectivity index (χ4n) is 3.43. The average molecular weight is 386 g/mol. The molecule has 2 aromatic rings. The number of carbonyl (C=O) groups excluding carboxylic acids is 2. The van der Waals surface area contributed by atoms with Crippen molar-refractivity contribution < 1.29 is 23.8 Å². The van der Waals surface area contributed by atoms with Crippen LogP contribution in [0.15, 0.2) is 41.1 Å². The van der Waals surface area contributed by atoms with Crippen molar-refractivity contribution in [2.45, 2.75) is 19.3 Å². The van der Waals surface area contributed by atoms with Crippen LogP contribution in [-0.4, -0.2) is 32.6 Å². The third-order valence-electron chi connectivity index (χ3n) is 4.73. The van der Waals surface area contributed by atoms with E-state index >= 15 is 0 Å². The zero-order valence-electron chi connectivity index (χ0n) is 15.6. The lowest BCUT2D eigenvalue weighted by Crippen LogP contribution is -2.34. The Morgan fingerprint density at radius 2 is 1.96 bits per heavy atom. The molecule has 0 spiro atoms. The van der Waals surface area contributed by atoms with Crippen molar-refractivity contribution in [2.24, 2.45) is 5.92 Å². The van der Waals surface area contributed by atoms with Crippen LogP contribution >= 0.6 is 11.3 Å². The van der Waals surface area contributed by atoms with Gasteiger partial charge in [-0.3, -0.25) is 9.59 Å². The number of carbonyl (C=O) groups is 2. The lowest BCUT2D eigenvalue weighted by molar-refractivity contribution is -0.151. The molecule has 0 radical (unpaired) electrons. The predicted octanol–water partition coefficient (Wildman–Crippen LogP) is 4.08. The Morgan fingerprint density at radius 1 is 1.19 bits per heavy atom. The lowest BCUT2D eigenvalue weighted by atomic mass is 9.74. The Kier molecular flexibility index (Phi) is 5.96. The SMILES string of the molecule is CCOC(=O)[C@@H]1C(=O)C=C(c2ccsc2)C[C@H]1c1ccc(OC)c(OC)c1. The highest BCUT2D eigenvalue weighted by Crippen LogP contribution is 2.42. The van der Waals surface area contributed by atoms with Gasteiger partial charge in [0.1, 0.15) is 5.92 Å². The second-order valence-electron chi connectivity index (χ2n) is 6.24. The van der Waals surface area contributed by atoms with E-state index in [-0.39, 0.29) is 18.3 Å². The zero-order chi connectivity index (χ0) is 19.4. The van der Waals surface area contributed by atoms with E-state index in [9.17, 15) is 9.59 Å². The van der Waals surface area contributed by atoms with Crippen LogP contribution in [0, 0.1) is 5.92 Å². The Hall–Kier alpha value is -2.60. The van der Waals surface area contributed by atoms with E-state index in [0.717, 1.165) is 16.7 Å². The number of hydrogen-bond acceptors (Lipinski definition) is 6. The minimum atomic E-state index is -0.856. The van der Waals surface area contributed by atoms with E-state index < -0.39 is 11.9 Å². The number of esters is 1. The third kappa shape index (κ3) is 3.90. The summed E-state index contributed by atoms with van der Waals surface area (Å²) >= 11 is 1.58. The summed E-state index contributed by atoms with van der Waals surface area (Å²) in [6, 6.07) is 7.49. The van der Waals surface area contributed by atoms with E-state index in [2.05, 4.69) is 0 Å². The van der Waals surface area contributed by atoms with E-state index in [1.54, 1.807) is 44.6 Å². The molecule has 0 unspecified atom stereocenters. The molecule has 27 heavy (non-hydrogen) atoms. The maximum absolute atomic E-state index is 12.8. The maximum Gasteiger partial charge on any atom is 0.317 e. The summed E-state index contributed by atoms with van der Waals surface area (Å²) in [5.41, 5.74) is 2.79. The molecule has 0 bridgehead atoms. The molecule has 2 atom stereocenters. The summed E-state index contributed by atoms with van der Waals surface area (Å²) in [5, 5.41) is 3.99. The molecule has 0 amide bonds. The van der Waals surface area contributed by atoms with Crippen molar-refractivity contribution in [3.05, 3.63) is 52.2 Å². The first kappa shape index (κ1) is 19.2. The van der Waals surface area contributed by atoms with Gasteiger partial charge in [0, 0.05) is 5.92 Å². The number of benzene rings is 1. The van der Waals surface area contributed by atoms with Gasteiger partial charge in [0.25, 0.3) is 0 Å². The molecule has 0 saturated carbocycles. The van der Waals surface area contributed by atoms with Gasteiger partial charge in [-0.05, 0) is 65.1 Å². The smallest absolute Gasteiger partial charge is 0.317 e. The topological polar surface area (TPSA) is 61.8 Å². The third-order valence-corrected chi connectivity index (χ3v) is 5.42. The van der Waals surface area contributed by atoms with Crippen LogP contribution in [0.5, 0.6) is 11.5 Å². The molecule has 0 saturated heterocycles. The van der Waals surface area contributed by atoms with Gasteiger partial charge in [-0.1, -0.05) is 6.07 Å². The van der Waals surface area contributed by atoms with Crippen LogP contribution in [0.3, 0.4) is 0 Å². The molecular formula is C21H22O5S. The monoisotopic (exact) mass is 386 g/mol. The molecule has 3 rings (SSSR count). The molecule has 1 aliphatic carbocycles. The molecule has 142 valence electrons. The lowest BCUT2D eigenvalue weighted by Gasteiger charge is -2.29. The van der Waals surface area contributed by atoms with Gasteiger partial charge < -0.3 is 14.2 Å². The van der Waals surface area contributed by atoms with Crippen molar-refractivity contribution >= 4 is 28.7 Å². The average Bonchev–Trinajstić information content (AvgIpc) is 3.21. The van der Waals surface area contributed by atoms with Crippen LogP contribution in [0.1, 0.15) is 30.4 Å². The van der Waals surface area contributed by atoms with Gasteiger partial charge in [0.05, 0.1) is 20.8 Å². The quantitative estimate of drug-likeness (QED) is 0.553. The second kappa shape index (κ2) is 8.39. The molecule has 1 heterocycles. The zero-order valence-corrected chi connectivity index (χ0v) is 16.4. The van der Waals surface area contributed by atoms with Crippen molar-refractivity contribution in [2.75, 3.05) is 20.8 Å². The fraction of sp³-hybridized carbons (Fsp3) is 0.333. The van der Waals surface area contributed by atoms with Gasteiger partial charge in [0.15, 0.2) is 17.3 Å². The number of thiophene rings is 1. The van der Waals surface area contributed by atoms with Crippen LogP contribution in [0.2, 0.25) is 0 Å². The molecule has 0 N–H and O–H groups in total. The summed E-state index contributed by atoms with van der Waals surface area (Å²) in [6.07, 6.45) is 2.16. The number of rotatable bonds is 6. The minimum Gasteiger partial charge on any atom is -0.493 e. The van der Waals surface area contributed by atoms with E-state index in [4.69, 9.17) is 14.2 Å². The Morgan fingerprint density at radius 3 is 2.59 bits per heavy atom. The van der Waals surface area contributed by atoms with E-state index in [0.29, 0.717) is 17.9 Å². The van der Waals surface area contributed by atoms with E-state index in [1.165, 1.54) is 0 Å².